The number of fused-ring (bicyclic) bond motifs is 1. The highest BCUT2D eigenvalue weighted by Gasteiger charge is 2.16. The molecule has 0 aliphatic carbocycles. The van der Waals surface area contributed by atoms with Crippen molar-refractivity contribution in [1.82, 2.24) is 19.5 Å². The Morgan fingerprint density at radius 1 is 1.14 bits per heavy atom. The molecule has 0 atom stereocenters. The topological polar surface area (TPSA) is 102 Å². The average molecular weight is 394 g/mol. The Balaban J connectivity index is 1.88. The van der Waals surface area contributed by atoms with Gasteiger partial charge in [0.05, 0.1) is 22.9 Å². The standard InChI is InChI=1S/C20H22N6O3/c1-12-15(10-16-17(22-12)25(4)20(29)26(5)19(16)28)18(27)23-21-11-13-6-8-14(9-7-13)24(2)3/h6-11H,1-5H3,(H,23,27)/b21-11+. The summed E-state index contributed by atoms with van der Waals surface area (Å²) in [7, 11) is 6.82. The summed E-state index contributed by atoms with van der Waals surface area (Å²) in [6.07, 6.45) is 1.53. The normalized spacial score (nSPS) is 11.2. The van der Waals surface area contributed by atoms with Gasteiger partial charge in [-0.1, -0.05) is 12.1 Å². The first-order valence-electron chi connectivity index (χ1n) is 8.89. The van der Waals surface area contributed by atoms with Gasteiger partial charge in [-0.15, -0.1) is 0 Å². The molecule has 150 valence electrons. The number of nitrogens with zero attached hydrogens (tertiary/aromatic N) is 5. The maximum absolute atomic E-state index is 12.5. The van der Waals surface area contributed by atoms with Crippen LogP contribution in [0.1, 0.15) is 21.6 Å². The summed E-state index contributed by atoms with van der Waals surface area (Å²) in [6.45, 7) is 1.64. The molecular weight excluding hydrogens is 372 g/mol. The number of nitrogens with one attached hydrogen (secondary N) is 1. The van der Waals surface area contributed by atoms with Gasteiger partial charge in [-0.25, -0.2) is 15.2 Å². The van der Waals surface area contributed by atoms with Crippen molar-refractivity contribution in [2.75, 3.05) is 19.0 Å². The van der Waals surface area contributed by atoms with Crippen molar-refractivity contribution in [2.45, 2.75) is 6.92 Å². The van der Waals surface area contributed by atoms with Crippen LogP contribution in [0.3, 0.4) is 0 Å². The molecule has 1 amide bonds. The Bertz CT molecular complexity index is 1240. The van der Waals surface area contributed by atoms with Crippen LogP contribution in [0.5, 0.6) is 0 Å². The smallest absolute Gasteiger partial charge is 0.332 e. The molecule has 0 aliphatic heterocycles. The van der Waals surface area contributed by atoms with Gasteiger partial charge in [-0.05, 0) is 30.7 Å². The van der Waals surface area contributed by atoms with Crippen LogP contribution >= 0.6 is 0 Å². The molecule has 2 aromatic heterocycles. The zero-order chi connectivity index (χ0) is 21.3. The van der Waals surface area contributed by atoms with Gasteiger partial charge in [0.2, 0.25) is 0 Å². The predicted molar refractivity (Wildman–Crippen MR) is 113 cm³/mol. The van der Waals surface area contributed by atoms with Gasteiger partial charge < -0.3 is 4.90 Å². The van der Waals surface area contributed by atoms with E-state index in [2.05, 4.69) is 15.5 Å². The second-order valence-electron chi connectivity index (χ2n) is 6.88. The second-order valence-corrected chi connectivity index (χ2v) is 6.88. The lowest BCUT2D eigenvalue weighted by atomic mass is 10.1. The highest BCUT2D eigenvalue weighted by atomic mass is 16.2. The number of hydrogen-bond donors (Lipinski definition) is 1. The van der Waals surface area contributed by atoms with Gasteiger partial charge in [0, 0.05) is 33.9 Å². The summed E-state index contributed by atoms with van der Waals surface area (Å²) in [4.78, 5) is 43.3. The molecule has 0 saturated heterocycles. The third-order valence-corrected chi connectivity index (χ3v) is 4.65. The van der Waals surface area contributed by atoms with Gasteiger partial charge in [0.15, 0.2) is 0 Å². The number of hydrazone groups is 1. The first-order chi connectivity index (χ1) is 13.7. The Morgan fingerprint density at radius 2 is 1.79 bits per heavy atom. The summed E-state index contributed by atoms with van der Waals surface area (Å²) < 4.78 is 2.26. The molecule has 1 aromatic carbocycles. The maximum Gasteiger partial charge on any atom is 0.332 e. The monoisotopic (exact) mass is 394 g/mol. The molecule has 3 rings (SSSR count). The van der Waals surface area contributed by atoms with Crippen LogP contribution in [-0.2, 0) is 14.1 Å². The van der Waals surface area contributed by atoms with Crippen molar-refractivity contribution >= 4 is 28.8 Å². The predicted octanol–water partition coefficient (Wildman–Crippen LogP) is 0.771. The molecule has 0 spiro atoms. The first-order valence-corrected chi connectivity index (χ1v) is 8.89. The number of aromatic nitrogens is 3. The number of carbonyl (C=O) groups excluding carboxylic acids is 1. The van der Waals surface area contributed by atoms with E-state index < -0.39 is 17.2 Å². The van der Waals surface area contributed by atoms with Crippen LogP contribution in [0, 0.1) is 6.92 Å². The van der Waals surface area contributed by atoms with Gasteiger partial charge in [-0.3, -0.25) is 18.7 Å². The Hall–Kier alpha value is -3.75. The largest absolute Gasteiger partial charge is 0.378 e. The van der Waals surface area contributed by atoms with Crippen LogP contribution in [0.25, 0.3) is 11.0 Å². The number of benzene rings is 1. The average Bonchev–Trinajstić information content (AvgIpc) is 2.70. The summed E-state index contributed by atoms with van der Waals surface area (Å²) in [5.41, 5.74) is 4.20. The van der Waals surface area contributed by atoms with Crippen LogP contribution in [0.2, 0.25) is 0 Å². The molecule has 2 heterocycles. The molecule has 0 bridgehead atoms. The minimum absolute atomic E-state index is 0.189. The van der Waals surface area contributed by atoms with Crippen molar-refractivity contribution in [3.8, 4) is 0 Å². The van der Waals surface area contributed by atoms with Crippen molar-refractivity contribution in [3.05, 3.63) is 68.0 Å². The van der Waals surface area contributed by atoms with E-state index in [1.807, 2.05) is 43.3 Å². The van der Waals surface area contributed by atoms with E-state index in [1.54, 1.807) is 6.92 Å². The van der Waals surface area contributed by atoms with Crippen molar-refractivity contribution in [1.29, 1.82) is 0 Å². The number of carbonyl (C=O) groups is 1. The minimum atomic E-state index is -0.505. The zero-order valence-corrected chi connectivity index (χ0v) is 16.9. The summed E-state index contributed by atoms with van der Waals surface area (Å²) >= 11 is 0. The van der Waals surface area contributed by atoms with Gasteiger partial charge in [0.1, 0.15) is 5.65 Å². The molecule has 0 saturated carbocycles. The van der Waals surface area contributed by atoms with Crippen molar-refractivity contribution in [2.24, 2.45) is 19.2 Å². The van der Waals surface area contributed by atoms with E-state index in [4.69, 9.17) is 0 Å². The summed E-state index contributed by atoms with van der Waals surface area (Å²) in [6, 6.07) is 9.10. The first kappa shape index (κ1) is 20.0. The highest BCUT2D eigenvalue weighted by molar-refractivity contribution is 5.98. The fourth-order valence-corrected chi connectivity index (χ4v) is 2.90. The molecule has 9 nitrogen and oxygen atoms in total. The zero-order valence-electron chi connectivity index (χ0n) is 16.9. The van der Waals surface area contributed by atoms with Gasteiger partial charge in [-0.2, -0.15) is 5.10 Å². The number of aryl methyl sites for hydroxylation is 2. The lowest BCUT2D eigenvalue weighted by Crippen LogP contribution is -2.37. The fourth-order valence-electron chi connectivity index (χ4n) is 2.90. The molecule has 3 aromatic rings. The second kappa shape index (κ2) is 7.70. The van der Waals surface area contributed by atoms with E-state index >= 15 is 0 Å². The molecule has 0 fully saturated rings. The minimum Gasteiger partial charge on any atom is -0.378 e. The van der Waals surface area contributed by atoms with Gasteiger partial charge >= 0.3 is 5.69 Å². The molecule has 1 N–H and O–H groups in total. The third-order valence-electron chi connectivity index (χ3n) is 4.65. The molecule has 0 radical (unpaired) electrons. The Kier molecular flexibility index (Phi) is 5.31. The van der Waals surface area contributed by atoms with E-state index in [1.165, 1.54) is 30.9 Å². The van der Waals surface area contributed by atoms with Crippen LogP contribution < -0.4 is 21.6 Å². The molecular formula is C20H22N6O3. The maximum atomic E-state index is 12.5. The summed E-state index contributed by atoms with van der Waals surface area (Å²) in [5, 5.41) is 4.17. The fraction of sp³-hybridized carbons (Fsp3) is 0.250. The van der Waals surface area contributed by atoms with Crippen molar-refractivity contribution < 1.29 is 4.79 Å². The number of pyridine rings is 1. The number of rotatable bonds is 4. The van der Waals surface area contributed by atoms with Crippen LogP contribution in [0.4, 0.5) is 5.69 Å². The molecule has 0 aliphatic rings. The van der Waals surface area contributed by atoms with Crippen LogP contribution in [0.15, 0.2) is 45.0 Å². The number of anilines is 1. The molecule has 29 heavy (non-hydrogen) atoms. The van der Waals surface area contributed by atoms with E-state index in [0.29, 0.717) is 5.69 Å². The highest BCUT2D eigenvalue weighted by Crippen LogP contribution is 2.13. The third kappa shape index (κ3) is 3.79. The quantitative estimate of drug-likeness (QED) is 0.520. The Labute approximate surface area is 166 Å². The van der Waals surface area contributed by atoms with E-state index in [-0.39, 0.29) is 16.6 Å². The SMILES string of the molecule is Cc1nc2c(cc1C(=O)N/N=C/c1ccc(N(C)C)cc1)c(=O)n(C)c(=O)n2C. The van der Waals surface area contributed by atoms with Gasteiger partial charge in [0.25, 0.3) is 11.5 Å². The molecule has 9 heteroatoms. The number of amides is 1. The lowest BCUT2D eigenvalue weighted by Gasteiger charge is -2.11. The Morgan fingerprint density at radius 3 is 2.41 bits per heavy atom. The van der Waals surface area contributed by atoms with Crippen LogP contribution in [-0.4, -0.2) is 40.3 Å². The molecule has 0 unspecified atom stereocenters. The van der Waals surface area contributed by atoms with E-state index in [0.717, 1.165) is 15.8 Å². The lowest BCUT2D eigenvalue weighted by molar-refractivity contribution is 0.0954. The number of hydrogen-bond acceptors (Lipinski definition) is 6. The summed E-state index contributed by atoms with van der Waals surface area (Å²) in [5.74, 6) is -0.492. The van der Waals surface area contributed by atoms with E-state index in [9.17, 15) is 14.4 Å². The van der Waals surface area contributed by atoms with Crippen molar-refractivity contribution in [3.63, 3.8) is 0 Å².